The molecule has 0 saturated carbocycles. The van der Waals surface area contributed by atoms with Crippen LogP contribution in [0.15, 0.2) is 53.4 Å². The molecule has 2 aromatic carbocycles. The highest BCUT2D eigenvalue weighted by Crippen LogP contribution is 2.34. The number of carbonyl (C=O) groups excluding carboxylic acids is 1. The summed E-state index contributed by atoms with van der Waals surface area (Å²) in [5, 5.41) is 0. The van der Waals surface area contributed by atoms with Crippen molar-refractivity contribution in [2.24, 2.45) is 0 Å². The van der Waals surface area contributed by atoms with Gasteiger partial charge in [0.25, 0.3) is 10.0 Å². The van der Waals surface area contributed by atoms with Crippen molar-refractivity contribution >= 4 is 21.7 Å². The first kappa shape index (κ1) is 16.0. The Balaban J connectivity index is 2.08. The predicted octanol–water partition coefficient (Wildman–Crippen LogP) is 2.59. The van der Waals surface area contributed by atoms with E-state index in [1.165, 1.54) is 41.3 Å². The smallest absolute Gasteiger partial charge is 0.280 e. The Kier molecular flexibility index (Phi) is 3.99. The van der Waals surface area contributed by atoms with Crippen LogP contribution >= 0.6 is 0 Å². The molecule has 0 N–H and O–H groups in total. The lowest BCUT2D eigenvalue weighted by atomic mass is 10.2. The number of fused-ring (bicyclic) bond motifs is 1. The first-order valence-corrected chi connectivity index (χ1v) is 8.50. The summed E-state index contributed by atoms with van der Waals surface area (Å²) in [5.74, 6) is 1.92. The molecular weight excluding hydrogens is 331 g/mol. The number of para-hydroxylation sites is 1. The molecule has 1 aliphatic heterocycles. The van der Waals surface area contributed by atoms with Crippen molar-refractivity contribution in [2.75, 3.05) is 11.4 Å². The van der Waals surface area contributed by atoms with Crippen molar-refractivity contribution in [1.29, 1.82) is 0 Å². The topological polar surface area (TPSA) is 57.7 Å². The van der Waals surface area contributed by atoms with Crippen molar-refractivity contribution in [3.63, 3.8) is 0 Å². The molecule has 1 heterocycles. The molecule has 0 atom stereocenters. The number of halogens is 1. The van der Waals surface area contributed by atoms with Crippen LogP contribution < -0.4 is 4.90 Å². The van der Waals surface area contributed by atoms with E-state index >= 15 is 0 Å². The molecule has 1 aliphatic rings. The zero-order chi connectivity index (χ0) is 17.3. The van der Waals surface area contributed by atoms with Gasteiger partial charge in [0.05, 0.1) is 18.8 Å². The van der Waals surface area contributed by atoms with Gasteiger partial charge in [0.2, 0.25) is 0 Å². The molecule has 5 nitrogen and oxygen atoms in total. The summed E-state index contributed by atoms with van der Waals surface area (Å²) in [4.78, 5) is 13.9. The molecular formula is C17H13FN2O3S. The van der Waals surface area contributed by atoms with E-state index in [1.54, 1.807) is 12.1 Å². The highest BCUT2D eigenvalue weighted by molar-refractivity contribution is 7.90. The van der Waals surface area contributed by atoms with Crippen LogP contribution in [0.5, 0.6) is 0 Å². The van der Waals surface area contributed by atoms with E-state index < -0.39 is 21.9 Å². The van der Waals surface area contributed by atoms with Crippen LogP contribution in [-0.2, 0) is 16.6 Å². The lowest BCUT2D eigenvalue weighted by Crippen LogP contribution is -2.50. The van der Waals surface area contributed by atoms with E-state index in [1.807, 2.05) is 0 Å². The van der Waals surface area contributed by atoms with Crippen molar-refractivity contribution in [2.45, 2.75) is 11.4 Å². The Morgan fingerprint density at radius 1 is 1.08 bits per heavy atom. The lowest BCUT2D eigenvalue weighted by molar-refractivity contribution is 0.227. The minimum Gasteiger partial charge on any atom is -0.280 e. The number of sulfonamides is 1. The molecule has 2 amide bonds. The number of urea groups is 1. The van der Waals surface area contributed by atoms with Gasteiger partial charge >= 0.3 is 6.03 Å². The molecule has 7 heteroatoms. The summed E-state index contributed by atoms with van der Waals surface area (Å²) in [6.07, 6.45) is 5.31. The van der Waals surface area contributed by atoms with Crippen molar-refractivity contribution in [3.05, 3.63) is 59.9 Å². The molecule has 3 rings (SSSR count). The Labute approximate surface area is 139 Å². The van der Waals surface area contributed by atoms with Gasteiger partial charge in [0, 0.05) is 0 Å². The summed E-state index contributed by atoms with van der Waals surface area (Å²) in [6, 6.07) is 10.8. The van der Waals surface area contributed by atoms with E-state index in [9.17, 15) is 17.6 Å². The average Bonchev–Trinajstić information content (AvgIpc) is 2.57. The summed E-state index contributed by atoms with van der Waals surface area (Å²) in [6.45, 7) is -0.248. The zero-order valence-corrected chi connectivity index (χ0v) is 13.3. The van der Waals surface area contributed by atoms with Gasteiger partial charge in [-0.3, -0.25) is 4.90 Å². The molecule has 2 aromatic rings. The molecule has 0 radical (unpaired) electrons. The van der Waals surface area contributed by atoms with Crippen molar-refractivity contribution < 1.29 is 17.6 Å². The Bertz CT molecular complexity index is 933. The SMILES string of the molecule is C#CCN1C(=O)N(Cc2ccc(F)cc2)S(=O)(=O)c2ccccc21. The summed E-state index contributed by atoms with van der Waals surface area (Å²) in [5.41, 5.74) is 0.754. The summed E-state index contributed by atoms with van der Waals surface area (Å²) in [7, 11) is -4.01. The first-order chi connectivity index (χ1) is 11.4. The highest BCUT2D eigenvalue weighted by atomic mass is 32.2. The number of hydrogen-bond acceptors (Lipinski definition) is 3. The minimum absolute atomic E-state index is 0.0157. The predicted molar refractivity (Wildman–Crippen MR) is 87.1 cm³/mol. The van der Waals surface area contributed by atoms with Crippen LogP contribution in [0.3, 0.4) is 0 Å². The molecule has 24 heavy (non-hydrogen) atoms. The quantitative estimate of drug-likeness (QED) is 0.804. The maximum atomic E-state index is 13.0. The van der Waals surface area contributed by atoms with Gasteiger partial charge in [-0.25, -0.2) is 21.9 Å². The van der Waals surface area contributed by atoms with Crippen molar-refractivity contribution in [3.8, 4) is 12.3 Å². The van der Waals surface area contributed by atoms with Crippen LogP contribution in [0.2, 0.25) is 0 Å². The Hall–Kier alpha value is -2.85. The van der Waals surface area contributed by atoms with Gasteiger partial charge in [-0.2, -0.15) is 0 Å². The van der Waals surface area contributed by atoms with Crippen LogP contribution in [0, 0.1) is 18.2 Å². The fourth-order valence-corrected chi connectivity index (χ4v) is 4.06. The van der Waals surface area contributed by atoms with E-state index in [2.05, 4.69) is 5.92 Å². The fraction of sp³-hybridized carbons (Fsp3) is 0.118. The molecule has 0 aromatic heterocycles. The van der Waals surface area contributed by atoms with Gasteiger partial charge in [0.1, 0.15) is 10.7 Å². The highest BCUT2D eigenvalue weighted by Gasteiger charge is 2.40. The number of nitrogens with zero attached hydrogens (tertiary/aromatic N) is 2. The van der Waals surface area contributed by atoms with Crippen molar-refractivity contribution in [1.82, 2.24) is 4.31 Å². The number of amides is 2. The standard InChI is InChI=1S/C17H13FN2O3S/c1-2-11-19-15-5-3-4-6-16(15)24(22,23)20(17(19)21)12-13-7-9-14(18)10-8-13/h1,3-10H,11-12H2. The molecule has 0 aliphatic carbocycles. The van der Waals surface area contributed by atoms with Gasteiger partial charge in [0.15, 0.2) is 0 Å². The largest absolute Gasteiger partial charge is 0.339 e. The monoisotopic (exact) mass is 344 g/mol. The van der Waals surface area contributed by atoms with Crippen LogP contribution in [0.1, 0.15) is 5.56 Å². The molecule has 0 fully saturated rings. The maximum absolute atomic E-state index is 13.0. The maximum Gasteiger partial charge on any atom is 0.339 e. The van der Waals surface area contributed by atoms with E-state index in [4.69, 9.17) is 6.42 Å². The van der Waals surface area contributed by atoms with Gasteiger partial charge in [-0.15, -0.1) is 6.42 Å². The third kappa shape index (κ3) is 2.61. The molecule has 0 saturated heterocycles. The van der Waals surface area contributed by atoms with E-state index in [0.29, 0.717) is 5.56 Å². The third-order valence-electron chi connectivity index (χ3n) is 3.66. The number of rotatable bonds is 3. The Morgan fingerprint density at radius 2 is 1.75 bits per heavy atom. The fourth-order valence-electron chi connectivity index (χ4n) is 2.51. The van der Waals surface area contributed by atoms with Gasteiger partial charge < -0.3 is 0 Å². The third-order valence-corrected chi connectivity index (χ3v) is 5.42. The zero-order valence-electron chi connectivity index (χ0n) is 12.5. The molecule has 0 bridgehead atoms. The normalized spacial score (nSPS) is 15.8. The van der Waals surface area contributed by atoms with Crippen LogP contribution in [0.4, 0.5) is 14.9 Å². The second kappa shape index (κ2) is 5.98. The van der Waals surface area contributed by atoms with Crippen LogP contribution in [0.25, 0.3) is 0 Å². The average molecular weight is 344 g/mol. The number of anilines is 1. The number of carbonyl (C=O) groups is 1. The number of terminal acetylenes is 1. The van der Waals surface area contributed by atoms with E-state index in [0.717, 1.165) is 4.31 Å². The first-order valence-electron chi connectivity index (χ1n) is 7.06. The summed E-state index contributed by atoms with van der Waals surface area (Å²) < 4.78 is 39.4. The minimum atomic E-state index is -4.01. The van der Waals surface area contributed by atoms with Crippen LogP contribution in [-0.4, -0.2) is 25.3 Å². The lowest BCUT2D eigenvalue weighted by Gasteiger charge is -2.35. The Morgan fingerprint density at radius 3 is 2.42 bits per heavy atom. The number of hydrogen-bond donors (Lipinski definition) is 0. The second-order valence-electron chi connectivity index (χ2n) is 5.18. The van der Waals surface area contributed by atoms with Gasteiger partial charge in [-0.05, 0) is 29.8 Å². The molecule has 0 unspecified atom stereocenters. The van der Waals surface area contributed by atoms with E-state index in [-0.39, 0.29) is 23.7 Å². The number of benzene rings is 2. The molecule has 0 spiro atoms. The van der Waals surface area contributed by atoms with Gasteiger partial charge in [-0.1, -0.05) is 30.2 Å². The summed E-state index contributed by atoms with van der Waals surface area (Å²) >= 11 is 0. The molecule has 122 valence electrons. The second-order valence-corrected chi connectivity index (χ2v) is 7.01.